The van der Waals surface area contributed by atoms with Crippen LogP contribution < -0.4 is 0 Å². The molecule has 2 fully saturated rings. The number of morpholine rings is 1. The fourth-order valence-electron chi connectivity index (χ4n) is 2.57. The Morgan fingerprint density at radius 3 is 2.50 bits per heavy atom. The SMILES string of the molecule is CC1CCC(OCCN2CCOCC2)CC1. The molecule has 0 atom stereocenters. The fourth-order valence-corrected chi connectivity index (χ4v) is 2.57. The first kappa shape index (κ1) is 12.3. The molecule has 0 aromatic carbocycles. The van der Waals surface area contributed by atoms with Crippen LogP contribution in [-0.2, 0) is 9.47 Å². The second-order valence-electron chi connectivity index (χ2n) is 5.21. The summed E-state index contributed by atoms with van der Waals surface area (Å²) in [5, 5.41) is 0. The molecule has 2 rings (SSSR count). The molecule has 0 aromatic rings. The Morgan fingerprint density at radius 1 is 1.12 bits per heavy atom. The lowest BCUT2D eigenvalue weighted by atomic mass is 9.89. The van der Waals surface area contributed by atoms with Gasteiger partial charge in [-0.3, -0.25) is 4.90 Å². The monoisotopic (exact) mass is 227 g/mol. The highest BCUT2D eigenvalue weighted by atomic mass is 16.5. The number of ether oxygens (including phenoxy) is 2. The molecular weight excluding hydrogens is 202 g/mol. The average Bonchev–Trinajstić information content (AvgIpc) is 2.33. The van der Waals surface area contributed by atoms with Crippen molar-refractivity contribution in [2.45, 2.75) is 38.7 Å². The van der Waals surface area contributed by atoms with Crippen molar-refractivity contribution in [3.8, 4) is 0 Å². The summed E-state index contributed by atoms with van der Waals surface area (Å²) in [6, 6.07) is 0. The van der Waals surface area contributed by atoms with Gasteiger partial charge in [0.25, 0.3) is 0 Å². The predicted molar refractivity (Wildman–Crippen MR) is 64.6 cm³/mol. The molecule has 0 unspecified atom stereocenters. The molecule has 1 saturated carbocycles. The molecule has 1 saturated heterocycles. The van der Waals surface area contributed by atoms with E-state index in [9.17, 15) is 0 Å². The zero-order valence-corrected chi connectivity index (χ0v) is 10.5. The van der Waals surface area contributed by atoms with Gasteiger partial charge in [-0.05, 0) is 31.6 Å². The maximum absolute atomic E-state index is 5.95. The molecule has 0 radical (unpaired) electrons. The van der Waals surface area contributed by atoms with Gasteiger partial charge in [-0.25, -0.2) is 0 Å². The summed E-state index contributed by atoms with van der Waals surface area (Å²) in [6.45, 7) is 8.26. The first-order valence-electron chi connectivity index (χ1n) is 6.76. The van der Waals surface area contributed by atoms with Crippen molar-refractivity contribution >= 4 is 0 Å². The molecule has 2 aliphatic rings. The van der Waals surface area contributed by atoms with Gasteiger partial charge in [0, 0.05) is 19.6 Å². The van der Waals surface area contributed by atoms with Crippen LogP contribution in [0.3, 0.4) is 0 Å². The van der Waals surface area contributed by atoms with Crippen LogP contribution in [0.5, 0.6) is 0 Å². The normalized spacial score (nSPS) is 32.8. The van der Waals surface area contributed by atoms with Crippen molar-refractivity contribution in [1.29, 1.82) is 0 Å². The second kappa shape index (κ2) is 6.58. The van der Waals surface area contributed by atoms with Gasteiger partial charge >= 0.3 is 0 Å². The Kier molecular flexibility index (Phi) is 5.07. The van der Waals surface area contributed by atoms with E-state index in [4.69, 9.17) is 9.47 Å². The van der Waals surface area contributed by atoms with E-state index in [1.807, 2.05) is 0 Å². The molecule has 0 bridgehead atoms. The molecule has 94 valence electrons. The molecule has 1 aliphatic carbocycles. The Balaban J connectivity index is 1.53. The zero-order chi connectivity index (χ0) is 11.2. The zero-order valence-electron chi connectivity index (χ0n) is 10.5. The Bertz CT molecular complexity index is 184. The van der Waals surface area contributed by atoms with Crippen LogP contribution in [0.25, 0.3) is 0 Å². The van der Waals surface area contributed by atoms with E-state index in [0.717, 1.165) is 45.4 Å². The van der Waals surface area contributed by atoms with Crippen molar-refractivity contribution in [2.24, 2.45) is 5.92 Å². The molecule has 0 amide bonds. The van der Waals surface area contributed by atoms with Crippen LogP contribution in [0.2, 0.25) is 0 Å². The number of hydrogen-bond donors (Lipinski definition) is 0. The van der Waals surface area contributed by atoms with Crippen molar-refractivity contribution < 1.29 is 9.47 Å². The minimum absolute atomic E-state index is 0.539. The summed E-state index contributed by atoms with van der Waals surface area (Å²) in [5.41, 5.74) is 0. The smallest absolute Gasteiger partial charge is 0.0597 e. The summed E-state index contributed by atoms with van der Waals surface area (Å²) >= 11 is 0. The van der Waals surface area contributed by atoms with Gasteiger partial charge in [-0.2, -0.15) is 0 Å². The molecular formula is C13H25NO2. The molecule has 16 heavy (non-hydrogen) atoms. The first-order chi connectivity index (χ1) is 7.84. The lowest BCUT2D eigenvalue weighted by molar-refractivity contribution is -0.0123. The van der Waals surface area contributed by atoms with E-state index in [1.165, 1.54) is 25.7 Å². The number of rotatable bonds is 4. The highest BCUT2D eigenvalue weighted by Gasteiger charge is 2.18. The molecule has 0 aromatic heterocycles. The van der Waals surface area contributed by atoms with E-state index in [0.29, 0.717) is 6.10 Å². The summed E-state index contributed by atoms with van der Waals surface area (Å²) in [7, 11) is 0. The van der Waals surface area contributed by atoms with E-state index in [1.54, 1.807) is 0 Å². The molecule has 0 spiro atoms. The molecule has 0 N–H and O–H groups in total. The third kappa shape index (κ3) is 4.04. The largest absolute Gasteiger partial charge is 0.379 e. The van der Waals surface area contributed by atoms with Gasteiger partial charge in [-0.15, -0.1) is 0 Å². The lowest BCUT2D eigenvalue weighted by Crippen LogP contribution is -2.38. The van der Waals surface area contributed by atoms with Gasteiger partial charge in [0.2, 0.25) is 0 Å². The number of nitrogens with zero attached hydrogens (tertiary/aromatic N) is 1. The third-order valence-electron chi connectivity index (χ3n) is 3.83. The highest BCUT2D eigenvalue weighted by Crippen LogP contribution is 2.25. The summed E-state index contributed by atoms with van der Waals surface area (Å²) in [5.74, 6) is 0.916. The summed E-state index contributed by atoms with van der Waals surface area (Å²) in [6.07, 6.45) is 5.77. The maximum Gasteiger partial charge on any atom is 0.0597 e. The van der Waals surface area contributed by atoms with E-state index >= 15 is 0 Å². The molecule has 3 heteroatoms. The quantitative estimate of drug-likeness (QED) is 0.732. The van der Waals surface area contributed by atoms with Gasteiger partial charge in [-0.1, -0.05) is 6.92 Å². The van der Waals surface area contributed by atoms with Crippen molar-refractivity contribution in [3.63, 3.8) is 0 Å². The fraction of sp³-hybridized carbons (Fsp3) is 1.00. The van der Waals surface area contributed by atoms with Crippen LogP contribution >= 0.6 is 0 Å². The van der Waals surface area contributed by atoms with Crippen LogP contribution in [-0.4, -0.2) is 50.5 Å². The third-order valence-corrected chi connectivity index (χ3v) is 3.83. The van der Waals surface area contributed by atoms with E-state index in [2.05, 4.69) is 11.8 Å². The van der Waals surface area contributed by atoms with E-state index in [-0.39, 0.29) is 0 Å². The minimum Gasteiger partial charge on any atom is -0.379 e. The van der Waals surface area contributed by atoms with E-state index < -0.39 is 0 Å². The van der Waals surface area contributed by atoms with Crippen LogP contribution in [0, 0.1) is 5.92 Å². The topological polar surface area (TPSA) is 21.7 Å². The number of hydrogen-bond acceptors (Lipinski definition) is 3. The summed E-state index contributed by atoms with van der Waals surface area (Å²) < 4.78 is 11.3. The predicted octanol–water partition coefficient (Wildman–Crippen LogP) is 1.91. The van der Waals surface area contributed by atoms with Crippen molar-refractivity contribution in [3.05, 3.63) is 0 Å². The lowest BCUT2D eigenvalue weighted by Gasteiger charge is -2.29. The highest BCUT2D eigenvalue weighted by molar-refractivity contribution is 4.70. The Morgan fingerprint density at radius 2 is 1.81 bits per heavy atom. The summed E-state index contributed by atoms with van der Waals surface area (Å²) in [4.78, 5) is 2.44. The van der Waals surface area contributed by atoms with Crippen molar-refractivity contribution in [1.82, 2.24) is 4.90 Å². The second-order valence-corrected chi connectivity index (χ2v) is 5.21. The minimum atomic E-state index is 0.539. The standard InChI is InChI=1S/C13H25NO2/c1-12-2-4-13(5-3-12)16-11-8-14-6-9-15-10-7-14/h12-13H,2-11H2,1H3. The van der Waals surface area contributed by atoms with Crippen LogP contribution in [0.1, 0.15) is 32.6 Å². The molecule has 1 aliphatic heterocycles. The average molecular weight is 227 g/mol. The van der Waals surface area contributed by atoms with Crippen molar-refractivity contribution in [2.75, 3.05) is 39.5 Å². The maximum atomic E-state index is 5.95. The first-order valence-corrected chi connectivity index (χ1v) is 6.76. The Labute approximate surface area is 99.1 Å². The van der Waals surface area contributed by atoms with Crippen LogP contribution in [0.4, 0.5) is 0 Å². The van der Waals surface area contributed by atoms with Gasteiger partial charge in [0.15, 0.2) is 0 Å². The van der Waals surface area contributed by atoms with Gasteiger partial charge in [0.1, 0.15) is 0 Å². The van der Waals surface area contributed by atoms with Gasteiger partial charge in [0.05, 0.1) is 25.9 Å². The van der Waals surface area contributed by atoms with Crippen LogP contribution in [0.15, 0.2) is 0 Å². The molecule has 1 heterocycles. The molecule has 3 nitrogen and oxygen atoms in total. The Hall–Kier alpha value is -0.120. The van der Waals surface area contributed by atoms with Gasteiger partial charge < -0.3 is 9.47 Å².